The van der Waals surface area contributed by atoms with E-state index in [1.807, 2.05) is 12.1 Å². The summed E-state index contributed by atoms with van der Waals surface area (Å²) in [5.41, 5.74) is 2.99. The molecule has 0 atom stereocenters. The van der Waals surface area contributed by atoms with E-state index in [0.29, 0.717) is 10.8 Å². The van der Waals surface area contributed by atoms with Gasteiger partial charge in [-0.05, 0) is 29.3 Å². The first-order chi connectivity index (χ1) is 8.34. The summed E-state index contributed by atoms with van der Waals surface area (Å²) in [6, 6.07) is 10.3. The monoisotopic (exact) mass is 239 g/mol. The van der Waals surface area contributed by atoms with Crippen molar-refractivity contribution in [1.29, 1.82) is 5.26 Å². The number of nitrogens with zero attached hydrogens (tertiary/aromatic N) is 1. The molecule has 1 aromatic carbocycles. The van der Waals surface area contributed by atoms with E-state index >= 15 is 0 Å². The van der Waals surface area contributed by atoms with Gasteiger partial charge in [0.25, 0.3) is 0 Å². The molecule has 0 aliphatic carbocycles. The van der Waals surface area contributed by atoms with Crippen LogP contribution in [0.5, 0.6) is 0 Å². The molecule has 0 spiro atoms. The van der Waals surface area contributed by atoms with Gasteiger partial charge in [-0.1, -0.05) is 58.0 Å². The van der Waals surface area contributed by atoms with Crippen LogP contribution >= 0.6 is 0 Å². The van der Waals surface area contributed by atoms with Crippen molar-refractivity contribution in [2.45, 2.75) is 46.7 Å². The van der Waals surface area contributed by atoms with Crippen molar-refractivity contribution in [2.24, 2.45) is 10.8 Å². The molecular weight excluding hydrogens is 217 g/mol. The molecule has 1 heterocycles. The van der Waals surface area contributed by atoms with Gasteiger partial charge in [0.2, 0.25) is 0 Å². The van der Waals surface area contributed by atoms with Crippen molar-refractivity contribution in [1.82, 2.24) is 0 Å². The lowest BCUT2D eigenvalue weighted by Gasteiger charge is -2.35. The van der Waals surface area contributed by atoms with Gasteiger partial charge < -0.3 is 0 Å². The number of nitriles is 1. The van der Waals surface area contributed by atoms with E-state index in [4.69, 9.17) is 5.26 Å². The number of rotatable bonds is 2. The van der Waals surface area contributed by atoms with Gasteiger partial charge in [0.15, 0.2) is 0 Å². The molecule has 0 unspecified atom stereocenters. The second kappa shape index (κ2) is 4.46. The van der Waals surface area contributed by atoms with Gasteiger partial charge in [0, 0.05) is 0 Å². The Morgan fingerprint density at radius 3 is 2.00 bits per heavy atom. The molecule has 0 N–H and O–H groups in total. The van der Waals surface area contributed by atoms with Gasteiger partial charge in [-0.15, -0.1) is 0 Å². The first-order valence-electron chi connectivity index (χ1n) is 6.83. The molecule has 0 aromatic heterocycles. The lowest BCUT2D eigenvalue weighted by Crippen LogP contribution is -2.24. The average Bonchev–Trinajstić information content (AvgIpc) is 2.48. The summed E-state index contributed by atoms with van der Waals surface area (Å²) in [4.78, 5) is 0. The zero-order valence-corrected chi connectivity index (χ0v) is 12.0. The third kappa shape index (κ3) is 2.46. The van der Waals surface area contributed by atoms with Crippen molar-refractivity contribution in [3.63, 3.8) is 0 Å². The molecule has 18 heavy (non-hydrogen) atoms. The minimum absolute atomic E-state index is 0.435. The molecule has 94 valence electrons. The summed E-state index contributed by atoms with van der Waals surface area (Å²) in [6.45, 7) is 10.4. The van der Waals surface area contributed by atoms with Crippen molar-refractivity contribution >= 4 is 6.71 Å². The normalized spacial score (nSPS) is 20.7. The van der Waals surface area contributed by atoms with Crippen LogP contribution in [0.25, 0.3) is 0 Å². The summed E-state index contributed by atoms with van der Waals surface area (Å²) in [5.74, 6) is 0. The minimum Gasteiger partial charge on any atom is -0.192 e. The second-order valence-corrected chi connectivity index (χ2v) is 7.05. The highest BCUT2D eigenvalue weighted by Gasteiger charge is 2.47. The zero-order valence-electron chi connectivity index (χ0n) is 12.0. The quantitative estimate of drug-likeness (QED) is 0.709. The SMILES string of the molecule is CC1(C)CB(Cc2ccc(C#N)cc2)CC1(C)C. The summed E-state index contributed by atoms with van der Waals surface area (Å²) < 4.78 is 0. The van der Waals surface area contributed by atoms with Gasteiger partial charge in [-0.25, -0.2) is 0 Å². The molecule has 0 bridgehead atoms. The Bertz CT molecular complexity index is 449. The summed E-state index contributed by atoms with van der Waals surface area (Å²) in [5, 5.41) is 8.80. The molecule has 2 heteroatoms. The van der Waals surface area contributed by atoms with Crippen LogP contribution in [-0.4, -0.2) is 6.71 Å². The lowest BCUT2D eigenvalue weighted by molar-refractivity contribution is 0.177. The van der Waals surface area contributed by atoms with Crippen molar-refractivity contribution in [3.05, 3.63) is 35.4 Å². The van der Waals surface area contributed by atoms with Crippen molar-refractivity contribution in [3.8, 4) is 6.07 Å². The highest BCUT2D eigenvalue weighted by molar-refractivity contribution is 6.59. The Balaban J connectivity index is 2.06. The maximum atomic E-state index is 8.80. The van der Waals surface area contributed by atoms with Gasteiger partial charge >= 0.3 is 0 Å². The maximum absolute atomic E-state index is 8.80. The van der Waals surface area contributed by atoms with E-state index in [1.165, 1.54) is 18.2 Å². The van der Waals surface area contributed by atoms with Gasteiger partial charge in [-0.3, -0.25) is 0 Å². The third-order valence-electron chi connectivity index (χ3n) is 5.04. The largest absolute Gasteiger partial charge is 0.192 e. The summed E-state index contributed by atoms with van der Waals surface area (Å²) in [6.07, 6.45) is 3.76. The van der Waals surface area contributed by atoms with Crippen LogP contribution in [0.1, 0.15) is 38.8 Å². The third-order valence-corrected chi connectivity index (χ3v) is 5.04. The molecule has 1 saturated heterocycles. The van der Waals surface area contributed by atoms with E-state index in [0.717, 1.165) is 18.6 Å². The Morgan fingerprint density at radius 1 is 1.06 bits per heavy atom. The summed E-state index contributed by atoms with van der Waals surface area (Å²) >= 11 is 0. The Labute approximate surface area is 111 Å². The fraction of sp³-hybridized carbons (Fsp3) is 0.562. The molecule has 1 nitrogen and oxygen atoms in total. The molecule has 1 aliphatic rings. The van der Waals surface area contributed by atoms with E-state index in [9.17, 15) is 0 Å². The lowest BCUT2D eigenvalue weighted by atomic mass is 9.43. The molecular formula is C16H22BN. The van der Waals surface area contributed by atoms with Crippen LogP contribution in [-0.2, 0) is 6.32 Å². The first kappa shape index (κ1) is 13.2. The number of hydrogen-bond donors (Lipinski definition) is 0. The standard InChI is InChI=1S/C16H22BN/c1-15(2)11-17(12-16(15,3)4)9-13-5-7-14(10-18)8-6-13/h5-8H,9,11-12H2,1-4H3. The fourth-order valence-electron chi connectivity index (χ4n) is 3.26. The molecule has 0 radical (unpaired) electrons. The second-order valence-electron chi connectivity index (χ2n) is 7.05. The van der Waals surface area contributed by atoms with E-state index in [-0.39, 0.29) is 0 Å². The molecule has 1 aliphatic heterocycles. The molecule has 1 fully saturated rings. The highest BCUT2D eigenvalue weighted by atomic mass is 14.4. The van der Waals surface area contributed by atoms with E-state index in [2.05, 4.69) is 45.9 Å². The minimum atomic E-state index is 0.435. The van der Waals surface area contributed by atoms with Crippen LogP contribution in [0.2, 0.25) is 12.6 Å². The molecule has 0 saturated carbocycles. The Morgan fingerprint density at radius 2 is 1.56 bits per heavy atom. The van der Waals surface area contributed by atoms with Gasteiger partial charge in [0.05, 0.1) is 11.6 Å². The van der Waals surface area contributed by atoms with Crippen LogP contribution in [0.3, 0.4) is 0 Å². The first-order valence-corrected chi connectivity index (χ1v) is 6.83. The van der Waals surface area contributed by atoms with Crippen LogP contribution in [0.4, 0.5) is 0 Å². The Kier molecular flexibility index (Phi) is 3.28. The fourth-order valence-corrected chi connectivity index (χ4v) is 3.26. The smallest absolute Gasteiger partial charge is 0.145 e. The highest BCUT2D eigenvalue weighted by Crippen LogP contribution is 2.53. The van der Waals surface area contributed by atoms with Gasteiger partial charge in [0.1, 0.15) is 6.71 Å². The molecule has 0 amide bonds. The zero-order chi connectivity index (χ0) is 13.4. The topological polar surface area (TPSA) is 23.8 Å². The van der Waals surface area contributed by atoms with E-state index < -0.39 is 0 Å². The van der Waals surface area contributed by atoms with Crippen LogP contribution in [0.15, 0.2) is 24.3 Å². The average molecular weight is 239 g/mol. The number of hydrogen-bond acceptors (Lipinski definition) is 1. The van der Waals surface area contributed by atoms with Crippen molar-refractivity contribution in [2.75, 3.05) is 0 Å². The van der Waals surface area contributed by atoms with Gasteiger partial charge in [-0.2, -0.15) is 5.26 Å². The van der Waals surface area contributed by atoms with Crippen LogP contribution < -0.4 is 0 Å². The Hall–Kier alpha value is -1.23. The molecule has 1 aromatic rings. The predicted octanol–water partition coefficient (Wildman–Crippen LogP) is 4.20. The number of benzene rings is 1. The maximum Gasteiger partial charge on any atom is 0.145 e. The van der Waals surface area contributed by atoms with E-state index in [1.54, 1.807) is 0 Å². The molecule has 2 rings (SSSR count). The van der Waals surface area contributed by atoms with Crippen molar-refractivity contribution < 1.29 is 0 Å². The van der Waals surface area contributed by atoms with Crippen LogP contribution in [0, 0.1) is 22.2 Å². The summed E-state index contributed by atoms with van der Waals surface area (Å²) in [7, 11) is 0. The predicted molar refractivity (Wildman–Crippen MR) is 77.8 cm³/mol.